The van der Waals surface area contributed by atoms with Crippen molar-refractivity contribution in [1.29, 1.82) is 0 Å². The number of guanidine groups is 1. The summed E-state index contributed by atoms with van der Waals surface area (Å²) in [7, 11) is -2.16. The highest BCUT2D eigenvalue weighted by Crippen LogP contribution is 2.27. The van der Waals surface area contributed by atoms with Crippen molar-refractivity contribution in [2.45, 2.75) is 11.3 Å². The zero-order valence-corrected chi connectivity index (χ0v) is 16.1. The Bertz CT molecular complexity index is 1010. The number of rotatable bonds is 6. The number of hydrogen-bond acceptors (Lipinski definition) is 5. The lowest BCUT2D eigenvalue weighted by Gasteiger charge is -2.22. The lowest BCUT2D eigenvalue weighted by atomic mass is 10.2. The topological polar surface area (TPSA) is 117 Å². The Morgan fingerprint density at radius 2 is 2.00 bits per heavy atom. The molecule has 0 fully saturated rings. The molecule has 0 unspecified atom stereocenters. The predicted octanol–water partition coefficient (Wildman–Crippen LogP) is 1.51. The standard InChI is InChI=1S/C18H21N5O4S/c1-19-18(22-12-9-14-5-2-3-8-17(14)22)20-10-11-21-28(26,27)16-7-4-6-15(13-16)23(24)25/h2-8,13,21H,9-12H2,1H3,(H,19,20). The van der Waals surface area contributed by atoms with Crippen LogP contribution < -0.4 is 14.9 Å². The summed E-state index contributed by atoms with van der Waals surface area (Å²) >= 11 is 0. The monoisotopic (exact) mass is 403 g/mol. The van der Waals surface area contributed by atoms with Gasteiger partial charge in [0.05, 0.1) is 9.82 Å². The van der Waals surface area contributed by atoms with Crippen LogP contribution in [0.4, 0.5) is 11.4 Å². The molecule has 0 saturated heterocycles. The Balaban J connectivity index is 1.58. The van der Waals surface area contributed by atoms with Crippen LogP contribution in [0.1, 0.15) is 5.56 Å². The SMILES string of the molecule is CN=C(NCCNS(=O)(=O)c1cccc([N+](=O)[O-])c1)N1CCc2ccccc21. The van der Waals surface area contributed by atoms with Crippen LogP contribution in [0.5, 0.6) is 0 Å². The molecule has 3 rings (SSSR count). The molecule has 2 N–H and O–H groups in total. The van der Waals surface area contributed by atoms with Crippen LogP contribution in [0, 0.1) is 10.1 Å². The summed E-state index contributed by atoms with van der Waals surface area (Å²) in [6, 6.07) is 13.0. The van der Waals surface area contributed by atoms with E-state index in [1.54, 1.807) is 7.05 Å². The maximum atomic E-state index is 12.3. The molecule has 1 aliphatic rings. The molecule has 0 bridgehead atoms. The summed E-state index contributed by atoms with van der Waals surface area (Å²) in [5, 5.41) is 14.0. The van der Waals surface area contributed by atoms with E-state index in [1.165, 1.54) is 23.8 Å². The van der Waals surface area contributed by atoms with Gasteiger partial charge in [-0.25, -0.2) is 13.1 Å². The third-order valence-electron chi connectivity index (χ3n) is 4.39. The molecule has 0 amide bonds. The van der Waals surface area contributed by atoms with Crippen LogP contribution in [0.15, 0.2) is 58.4 Å². The molecule has 0 radical (unpaired) electrons. The molecule has 0 atom stereocenters. The highest BCUT2D eigenvalue weighted by Gasteiger charge is 2.22. The first-order chi connectivity index (χ1) is 13.4. The van der Waals surface area contributed by atoms with Gasteiger partial charge in [0.2, 0.25) is 10.0 Å². The summed E-state index contributed by atoms with van der Waals surface area (Å²) in [5.41, 5.74) is 2.07. The Labute approximate surface area is 163 Å². The van der Waals surface area contributed by atoms with Crippen molar-refractivity contribution in [2.24, 2.45) is 4.99 Å². The summed E-state index contributed by atoms with van der Waals surface area (Å²) in [4.78, 5) is 16.4. The quantitative estimate of drug-likeness (QED) is 0.248. The van der Waals surface area contributed by atoms with Gasteiger partial charge >= 0.3 is 0 Å². The van der Waals surface area contributed by atoms with Gasteiger partial charge in [0.25, 0.3) is 5.69 Å². The van der Waals surface area contributed by atoms with E-state index in [-0.39, 0.29) is 17.1 Å². The van der Waals surface area contributed by atoms with Crippen molar-refractivity contribution in [3.05, 3.63) is 64.2 Å². The van der Waals surface area contributed by atoms with E-state index in [4.69, 9.17) is 0 Å². The van der Waals surface area contributed by atoms with E-state index in [1.807, 2.05) is 18.2 Å². The van der Waals surface area contributed by atoms with Gasteiger partial charge in [0.1, 0.15) is 0 Å². The number of aliphatic imine (C=N–C) groups is 1. The van der Waals surface area contributed by atoms with Gasteiger partial charge in [0.15, 0.2) is 5.96 Å². The number of hydrogen-bond donors (Lipinski definition) is 2. The molecule has 10 heteroatoms. The Kier molecular flexibility index (Phi) is 5.90. The molecule has 148 valence electrons. The predicted molar refractivity (Wildman–Crippen MR) is 107 cm³/mol. The maximum absolute atomic E-state index is 12.3. The molecule has 9 nitrogen and oxygen atoms in total. The number of nitrogens with one attached hydrogen (secondary N) is 2. The summed E-state index contributed by atoms with van der Waals surface area (Å²) in [5.74, 6) is 0.666. The molecule has 28 heavy (non-hydrogen) atoms. The van der Waals surface area contributed by atoms with Crippen LogP contribution in [-0.2, 0) is 16.4 Å². The van der Waals surface area contributed by atoms with Gasteiger partial charge in [-0.05, 0) is 24.1 Å². The summed E-state index contributed by atoms with van der Waals surface area (Å²) in [6.45, 7) is 1.23. The number of nitrogens with zero attached hydrogens (tertiary/aromatic N) is 3. The number of nitro groups is 1. The lowest BCUT2D eigenvalue weighted by Crippen LogP contribution is -2.43. The van der Waals surface area contributed by atoms with Crippen LogP contribution in [0.3, 0.4) is 0 Å². The molecule has 0 saturated carbocycles. The Hall–Kier alpha value is -2.98. The number of sulfonamides is 1. The third-order valence-corrected chi connectivity index (χ3v) is 5.85. The van der Waals surface area contributed by atoms with E-state index in [0.29, 0.717) is 12.5 Å². The zero-order valence-electron chi connectivity index (χ0n) is 15.3. The molecule has 1 heterocycles. The van der Waals surface area contributed by atoms with E-state index < -0.39 is 14.9 Å². The van der Waals surface area contributed by atoms with Crippen molar-refractivity contribution >= 4 is 27.4 Å². The Morgan fingerprint density at radius 3 is 2.75 bits per heavy atom. The van der Waals surface area contributed by atoms with E-state index in [2.05, 4.69) is 26.0 Å². The van der Waals surface area contributed by atoms with Crippen LogP contribution >= 0.6 is 0 Å². The molecule has 2 aromatic rings. The fraction of sp³-hybridized carbons (Fsp3) is 0.278. The normalized spacial score (nSPS) is 14.0. The number of fused-ring (bicyclic) bond motifs is 1. The molecular formula is C18H21N5O4S. The second-order valence-corrected chi connectivity index (χ2v) is 7.92. The second kappa shape index (κ2) is 8.36. The van der Waals surface area contributed by atoms with E-state index >= 15 is 0 Å². The number of para-hydroxylation sites is 1. The highest BCUT2D eigenvalue weighted by molar-refractivity contribution is 7.89. The van der Waals surface area contributed by atoms with Gasteiger partial charge < -0.3 is 10.2 Å². The molecular weight excluding hydrogens is 382 g/mol. The van der Waals surface area contributed by atoms with Gasteiger partial charge in [-0.2, -0.15) is 0 Å². The largest absolute Gasteiger partial charge is 0.355 e. The van der Waals surface area contributed by atoms with Crippen molar-refractivity contribution in [3.63, 3.8) is 0 Å². The highest BCUT2D eigenvalue weighted by atomic mass is 32.2. The molecule has 0 spiro atoms. The van der Waals surface area contributed by atoms with Gasteiger partial charge in [-0.15, -0.1) is 0 Å². The zero-order chi connectivity index (χ0) is 20.1. The number of nitro benzene ring substituents is 1. The van der Waals surface area contributed by atoms with Crippen molar-refractivity contribution in [1.82, 2.24) is 10.0 Å². The minimum atomic E-state index is -3.84. The number of non-ortho nitro benzene ring substituents is 1. The van der Waals surface area contributed by atoms with Crippen molar-refractivity contribution in [2.75, 3.05) is 31.6 Å². The maximum Gasteiger partial charge on any atom is 0.270 e. The third kappa shape index (κ3) is 4.29. The Morgan fingerprint density at radius 1 is 1.21 bits per heavy atom. The fourth-order valence-corrected chi connectivity index (χ4v) is 4.13. The molecule has 2 aromatic carbocycles. The summed E-state index contributed by atoms with van der Waals surface area (Å²) in [6.07, 6.45) is 0.927. The average Bonchev–Trinajstić information content (AvgIpc) is 3.12. The van der Waals surface area contributed by atoms with E-state index in [9.17, 15) is 18.5 Å². The van der Waals surface area contributed by atoms with Crippen molar-refractivity contribution in [3.8, 4) is 0 Å². The first-order valence-corrected chi connectivity index (χ1v) is 10.2. The van der Waals surface area contributed by atoms with Crippen LogP contribution in [0.25, 0.3) is 0 Å². The van der Waals surface area contributed by atoms with Gasteiger partial charge in [-0.3, -0.25) is 15.1 Å². The average molecular weight is 403 g/mol. The van der Waals surface area contributed by atoms with Gasteiger partial charge in [-0.1, -0.05) is 24.3 Å². The van der Waals surface area contributed by atoms with Gasteiger partial charge in [0, 0.05) is 44.5 Å². The first-order valence-electron chi connectivity index (χ1n) is 8.72. The number of anilines is 1. The summed E-state index contributed by atoms with van der Waals surface area (Å²) < 4.78 is 27.1. The lowest BCUT2D eigenvalue weighted by molar-refractivity contribution is -0.385. The minimum Gasteiger partial charge on any atom is -0.355 e. The van der Waals surface area contributed by atoms with Crippen LogP contribution in [-0.4, -0.2) is 46.0 Å². The molecule has 1 aliphatic heterocycles. The van der Waals surface area contributed by atoms with Crippen LogP contribution in [0.2, 0.25) is 0 Å². The molecule has 0 aromatic heterocycles. The minimum absolute atomic E-state index is 0.111. The smallest absolute Gasteiger partial charge is 0.270 e. The first kappa shape index (κ1) is 19.8. The molecule has 0 aliphatic carbocycles. The number of benzene rings is 2. The van der Waals surface area contributed by atoms with Crippen molar-refractivity contribution < 1.29 is 13.3 Å². The van der Waals surface area contributed by atoms with E-state index in [0.717, 1.165) is 24.7 Å². The second-order valence-electron chi connectivity index (χ2n) is 6.16. The fourth-order valence-electron chi connectivity index (χ4n) is 3.06.